The van der Waals surface area contributed by atoms with Crippen molar-refractivity contribution >= 4 is 5.78 Å². The van der Waals surface area contributed by atoms with Crippen LogP contribution in [-0.2, 0) is 0 Å². The van der Waals surface area contributed by atoms with E-state index in [1.807, 2.05) is 0 Å². The predicted octanol–water partition coefficient (Wildman–Crippen LogP) is 2.40. The SMILES string of the molecule is CN1C2CCCC1CC(C(=O)c1cc(C#N)ccn1)C2. The molecule has 3 heterocycles. The van der Waals surface area contributed by atoms with Crippen molar-refractivity contribution in [1.29, 1.82) is 5.26 Å². The number of pyridine rings is 1. The Labute approximate surface area is 119 Å². The van der Waals surface area contributed by atoms with Gasteiger partial charge >= 0.3 is 0 Å². The van der Waals surface area contributed by atoms with Gasteiger partial charge in [-0.05, 0) is 44.9 Å². The summed E-state index contributed by atoms with van der Waals surface area (Å²) in [4.78, 5) is 19.2. The van der Waals surface area contributed by atoms with Crippen LogP contribution in [0.25, 0.3) is 0 Å². The van der Waals surface area contributed by atoms with Gasteiger partial charge in [0.2, 0.25) is 0 Å². The highest BCUT2D eigenvalue weighted by atomic mass is 16.1. The molecule has 2 aliphatic heterocycles. The maximum atomic E-state index is 12.6. The zero-order valence-electron chi connectivity index (χ0n) is 11.7. The summed E-state index contributed by atoms with van der Waals surface area (Å²) in [5, 5.41) is 8.92. The number of nitriles is 1. The van der Waals surface area contributed by atoms with Crippen LogP contribution in [0.4, 0.5) is 0 Å². The van der Waals surface area contributed by atoms with Crippen LogP contribution in [0.15, 0.2) is 18.3 Å². The second-order valence-corrected chi connectivity index (χ2v) is 5.98. The molecule has 2 bridgehead atoms. The third-order valence-electron chi connectivity index (χ3n) is 4.85. The Bertz CT molecular complexity index is 549. The van der Waals surface area contributed by atoms with Crippen LogP contribution >= 0.6 is 0 Å². The largest absolute Gasteiger partial charge is 0.300 e. The Morgan fingerprint density at radius 2 is 2.10 bits per heavy atom. The van der Waals surface area contributed by atoms with Crippen LogP contribution in [-0.4, -0.2) is 34.8 Å². The first kappa shape index (κ1) is 13.3. The molecule has 20 heavy (non-hydrogen) atoms. The van der Waals surface area contributed by atoms with Crippen LogP contribution in [0.3, 0.4) is 0 Å². The maximum Gasteiger partial charge on any atom is 0.184 e. The number of Topliss-reactive ketones (excluding diaryl/α,β-unsaturated/α-hetero) is 1. The Hall–Kier alpha value is -1.73. The summed E-state index contributed by atoms with van der Waals surface area (Å²) in [5.41, 5.74) is 0.966. The first-order valence-corrected chi connectivity index (χ1v) is 7.31. The summed E-state index contributed by atoms with van der Waals surface area (Å²) in [7, 11) is 2.18. The molecule has 0 aromatic carbocycles. The summed E-state index contributed by atoms with van der Waals surface area (Å²) in [6, 6.07) is 6.41. The van der Waals surface area contributed by atoms with Crippen molar-refractivity contribution in [2.24, 2.45) is 5.92 Å². The molecule has 104 valence electrons. The lowest BCUT2D eigenvalue weighted by atomic mass is 9.76. The zero-order chi connectivity index (χ0) is 14.1. The van der Waals surface area contributed by atoms with Crippen LogP contribution < -0.4 is 0 Å². The van der Waals surface area contributed by atoms with E-state index in [2.05, 4.69) is 23.0 Å². The average Bonchev–Trinajstić information content (AvgIpc) is 2.46. The highest BCUT2D eigenvalue weighted by molar-refractivity contribution is 5.96. The molecule has 0 saturated carbocycles. The minimum absolute atomic E-state index is 0.0722. The topological polar surface area (TPSA) is 57.0 Å². The van der Waals surface area contributed by atoms with Crippen LogP contribution in [0.2, 0.25) is 0 Å². The normalized spacial score (nSPS) is 29.7. The summed E-state index contributed by atoms with van der Waals surface area (Å²) >= 11 is 0. The quantitative estimate of drug-likeness (QED) is 0.774. The smallest absolute Gasteiger partial charge is 0.184 e. The lowest BCUT2D eigenvalue weighted by Gasteiger charge is -2.46. The van der Waals surface area contributed by atoms with Crippen molar-refractivity contribution in [3.63, 3.8) is 0 Å². The first-order valence-electron chi connectivity index (χ1n) is 7.31. The number of fused-ring (bicyclic) bond motifs is 2. The number of aromatic nitrogens is 1. The van der Waals surface area contributed by atoms with Gasteiger partial charge in [-0.15, -0.1) is 0 Å². The number of hydrogen-bond acceptors (Lipinski definition) is 4. The Morgan fingerprint density at radius 1 is 1.40 bits per heavy atom. The second kappa shape index (κ2) is 5.34. The summed E-state index contributed by atoms with van der Waals surface area (Å²) < 4.78 is 0. The molecular formula is C16H19N3O. The number of rotatable bonds is 2. The summed E-state index contributed by atoms with van der Waals surface area (Å²) in [6.07, 6.45) is 7.10. The van der Waals surface area contributed by atoms with Crippen molar-refractivity contribution in [3.8, 4) is 6.07 Å². The van der Waals surface area contributed by atoms with Crippen molar-refractivity contribution in [2.45, 2.75) is 44.2 Å². The van der Waals surface area contributed by atoms with Gasteiger partial charge in [0, 0.05) is 24.2 Å². The second-order valence-electron chi connectivity index (χ2n) is 5.98. The maximum absolute atomic E-state index is 12.6. The Morgan fingerprint density at radius 3 is 2.75 bits per heavy atom. The fourth-order valence-corrected chi connectivity index (χ4v) is 3.67. The third-order valence-corrected chi connectivity index (χ3v) is 4.85. The minimum atomic E-state index is 0.0722. The average molecular weight is 269 g/mol. The van der Waals surface area contributed by atoms with Crippen molar-refractivity contribution in [3.05, 3.63) is 29.6 Å². The Balaban J connectivity index is 1.79. The van der Waals surface area contributed by atoms with Gasteiger partial charge in [0.25, 0.3) is 0 Å². The van der Waals surface area contributed by atoms with Crippen LogP contribution in [0.1, 0.15) is 48.2 Å². The number of carbonyl (C=O) groups excluding carboxylic acids is 1. The van der Waals surface area contributed by atoms with Gasteiger partial charge in [-0.2, -0.15) is 5.26 Å². The summed E-state index contributed by atoms with van der Waals surface area (Å²) in [5.74, 6) is 0.190. The number of hydrogen-bond donors (Lipinski definition) is 0. The van der Waals surface area contributed by atoms with E-state index in [4.69, 9.17) is 5.26 Å². The van der Waals surface area contributed by atoms with E-state index in [0.717, 1.165) is 12.8 Å². The molecule has 4 heteroatoms. The molecule has 3 rings (SSSR count). The van der Waals surface area contributed by atoms with Crippen LogP contribution in [0.5, 0.6) is 0 Å². The molecule has 1 aromatic rings. The monoisotopic (exact) mass is 269 g/mol. The van der Waals surface area contributed by atoms with Crippen molar-refractivity contribution < 1.29 is 4.79 Å². The van der Waals surface area contributed by atoms with E-state index in [1.165, 1.54) is 19.3 Å². The molecule has 1 aromatic heterocycles. The number of ketones is 1. The van der Waals surface area contributed by atoms with E-state index in [-0.39, 0.29) is 11.7 Å². The molecule has 2 unspecified atom stereocenters. The summed E-state index contributed by atoms with van der Waals surface area (Å²) in [6.45, 7) is 0. The molecule has 2 saturated heterocycles. The fraction of sp³-hybridized carbons (Fsp3) is 0.562. The lowest BCUT2D eigenvalue weighted by Crippen LogP contribution is -2.51. The lowest BCUT2D eigenvalue weighted by molar-refractivity contribution is 0.0336. The number of carbonyl (C=O) groups is 1. The molecule has 2 fully saturated rings. The highest BCUT2D eigenvalue weighted by Crippen LogP contribution is 2.36. The van der Waals surface area contributed by atoms with E-state index in [0.29, 0.717) is 23.3 Å². The molecule has 4 nitrogen and oxygen atoms in total. The molecule has 2 aliphatic rings. The van der Waals surface area contributed by atoms with Crippen LogP contribution in [0, 0.1) is 17.2 Å². The fourth-order valence-electron chi connectivity index (χ4n) is 3.67. The van der Waals surface area contributed by atoms with Gasteiger partial charge in [0.1, 0.15) is 5.69 Å². The third kappa shape index (κ3) is 2.34. The van der Waals surface area contributed by atoms with Gasteiger partial charge in [0.05, 0.1) is 11.6 Å². The van der Waals surface area contributed by atoms with E-state index in [1.54, 1.807) is 18.3 Å². The zero-order valence-corrected chi connectivity index (χ0v) is 11.7. The van der Waals surface area contributed by atoms with E-state index in [9.17, 15) is 4.79 Å². The molecule has 0 radical (unpaired) electrons. The van der Waals surface area contributed by atoms with Gasteiger partial charge < -0.3 is 4.90 Å². The van der Waals surface area contributed by atoms with Crippen molar-refractivity contribution in [1.82, 2.24) is 9.88 Å². The predicted molar refractivity (Wildman–Crippen MR) is 75.2 cm³/mol. The molecule has 2 atom stereocenters. The minimum Gasteiger partial charge on any atom is -0.300 e. The molecular weight excluding hydrogens is 250 g/mol. The van der Waals surface area contributed by atoms with Gasteiger partial charge in [-0.25, -0.2) is 0 Å². The number of nitrogens with zero attached hydrogens (tertiary/aromatic N) is 3. The van der Waals surface area contributed by atoms with Gasteiger partial charge in [0.15, 0.2) is 5.78 Å². The molecule has 0 aliphatic carbocycles. The Kier molecular flexibility index (Phi) is 3.54. The van der Waals surface area contributed by atoms with E-state index >= 15 is 0 Å². The molecule has 0 amide bonds. The van der Waals surface area contributed by atoms with Gasteiger partial charge in [-0.1, -0.05) is 6.42 Å². The number of piperidine rings is 2. The standard InChI is InChI=1S/C16H19N3O/c1-19-13-3-2-4-14(19)9-12(8-13)16(20)15-7-11(10-17)5-6-18-15/h5-7,12-14H,2-4,8-9H2,1H3. The van der Waals surface area contributed by atoms with Crippen molar-refractivity contribution in [2.75, 3.05) is 7.05 Å². The van der Waals surface area contributed by atoms with Gasteiger partial charge in [-0.3, -0.25) is 9.78 Å². The molecule has 0 spiro atoms. The highest BCUT2D eigenvalue weighted by Gasteiger charge is 2.39. The van der Waals surface area contributed by atoms with E-state index < -0.39 is 0 Å². The molecule has 0 N–H and O–H groups in total. The first-order chi connectivity index (χ1) is 9.69.